The number of rotatable bonds is 7. The molecular weight excluding hydrogens is 502 g/mol. The van der Waals surface area contributed by atoms with E-state index in [1.54, 1.807) is 0 Å². The van der Waals surface area contributed by atoms with Crippen molar-refractivity contribution < 1.29 is 0 Å². The highest BCUT2D eigenvalue weighted by molar-refractivity contribution is 8.34. The second-order valence-corrected chi connectivity index (χ2v) is 13.2. The normalized spacial score (nSPS) is 11.7. The number of anilines is 2. The van der Waals surface area contributed by atoms with Gasteiger partial charge in [-0.3, -0.25) is 0 Å². The molecule has 1 nitrogen and oxygen atoms in total. The van der Waals surface area contributed by atoms with Crippen LogP contribution in [0.15, 0.2) is 177 Å². The van der Waals surface area contributed by atoms with Gasteiger partial charge in [0.15, 0.2) is 0 Å². The van der Waals surface area contributed by atoms with E-state index in [0.29, 0.717) is 0 Å². The highest BCUT2D eigenvalue weighted by atomic mass is 32.3. The Labute approximate surface area is 239 Å². The topological polar surface area (TPSA) is 12.0 Å². The van der Waals surface area contributed by atoms with E-state index in [4.69, 9.17) is 0 Å². The minimum absolute atomic E-state index is 1.09. The molecule has 2 heteroatoms. The number of hydrogen-bond acceptors (Lipinski definition) is 1. The fourth-order valence-corrected chi connectivity index (χ4v) is 9.41. The van der Waals surface area contributed by atoms with Crippen molar-refractivity contribution in [2.45, 2.75) is 33.4 Å². The van der Waals surface area contributed by atoms with E-state index in [1.807, 2.05) is 0 Å². The van der Waals surface area contributed by atoms with Gasteiger partial charge in [-0.1, -0.05) is 84.9 Å². The predicted octanol–water partition coefficient (Wildman–Crippen LogP) is 11.1. The lowest BCUT2D eigenvalue weighted by molar-refractivity contribution is 1.24. The van der Waals surface area contributed by atoms with Gasteiger partial charge in [0.05, 0.1) is 0 Å². The molecule has 6 rings (SSSR count). The summed E-state index contributed by atoms with van der Waals surface area (Å²) in [6, 6.07) is 57.1. The first-order valence-corrected chi connectivity index (χ1v) is 15.3. The third-order valence-electron chi connectivity index (χ3n) is 7.41. The molecule has 0 aliphatic rings. The Morgan fingerprint density at radius 1 is 0.400 bits per heavy atom. The molecule has 0 fully saturated rings. The Balaban J connectivity index is 1.43. The van der Waals surface area contributed by atoms with Crippen LogP contribution in [0.1, 0.15) is 11.1 Å². The number of benzene rings is 6. The lowest BCUT2D eigenvalue weighted by atomic mass is 9.99. The fraction of sp³-hybridized carbons (Fsp3) is 0.0526. The van der Waals surface area contributed by atoms with E-state index in [1.165, 1.54) is 47.5 Å². The van der Waals surface area contributed by atoms with Gasteiger partial charge in [0.2, 0.25) is 0 Å². The van der Waals surface area contributed by atoms with Gasteiger partial charge < -0.3 is 5.32 Å². The Kier molecular flexibility index (Phi) is 7.27. The first kappa shape index (κ1) is 25.7. The first-order valence-electron chi connectivity index (χ1n) is 13.7. The van der Waals surface area contributed by atoms with Crippen LogP contribution in [0.25, 0.3) is 11.1 Å². The van der Waals surface area contributed by atoms with E-state index in [0.717, 1.165) is 5.69 Å². The third kappa shape index (κ3) is 4.83. The summed E-state index contributed by atoms with van der Waals surface area (Å²) < 4.78 is 0. The lowest BCUT2D eigenvalue weighted by Crippen LogP contribution is -2.05. The smallest absolute Gasteiger partial charge is 0.0444 e. The molecule has 0 saturated heterocycles. The standard InChI is InChI=1S/C38H33NS/c1-29-27-32(31-15-7-3-8-16-31)28-30(2)38(29)39-33-23-25-37(26-24-33)40(34-17-9-4-10-18-34,35-19-11-5-12-20-35)36-21-13-6-14-22-36/h3-28,39H,1-2H3. The second-order valence-electron chi connectivity index (χ2n) is 10.1. The summed E-state index contributed by atoms with van der Waals surface area (Å²) in [6.07, 6.45) is 0. The van der Waals surface area contributed by atoms with Gasteiger partial charge in [-0.05, 0) is 109 Å². The molecule has 196 valence electrons. The van der Waals surface area contributed by atoms with Gasteiger partial charge in [-0.2, -0.15) is 0 Å². The van der Waals surface area contributed by atoms with Crippen molar-refractivity contribution in [2.75, 3.05) is 5.32 Å². The van der Waals surface area contributed by atoms with Crippen LogP contribution in [-0.4, -0.2) is 0 Å². The summed E-state index contributed by atoms with van der Waals surface area (Å²) >= 11 is 0. The van der Waals surface area contributed by atoms with Crippen molar-refractivity contribution in [2.24, 2.45) is 0 Å². The van der Waals surface area contributed by atoms with E-state index in [2.05, 4.69) is 177 Å². The quantitative estimate of drug-likeness (QED) is 0.214. The monoisotopic (exact) mass is 535 g/mol. The SMILES string of the molecule is Cc1cc(-c2ccccc2)cc(C)c1Nc1ccc(S(c2ccccc2)(c2ccccc2)c2ccccc2)cc1. The van der Waals surface area contributed by atoms with Crippen molar-refractivity contribution in [1.29, 1.82) is 0 Å². The molecule has 6 aromatic rings. The molecule has 0 atom stereocenters. The molecule has 0 aliphatic carbocycles. The summed E-state index contributed by atoms with van der Waals surface area (Å²) in [7, 11) is -1.68. The van der Waals surface area contributed by atoms with Crippen LogP contribution in [-0.2, 0) is 0 Å². The summed E-state index contributed by atoms with van der Waals surface area (Å²) in [5, 5.41) is 3.73. The predicted molar refractivity (Wildman–Crippen MR) is 171 cm³/mol. The zero-order valence-electron chi connectivity index (χ0n) is 22.9. The Morgan fingerprint density at radius 3 is 1.20 bits per heavy atom. The summed E-state index contributed by atoms with van der Waals surface area (Å²) in [5.74, 6) is 0. The van der Waals surface area contributed by atoms with E-state index in [-0.39, 0.29) is 0 Å². The molecule has 0 amide bonds. The van der Waals surface area contributed by atoms with E-state index in [9.17, 15) is 0 Å². The van der Waals surface area contributed by atoms with Crippen molar-refractivity contribution >= 4 is 21.4 Å². The Morgan fingerprint density at radius 2 is 0.775 bits per heavy atom. The largest absolute Gasteiger partial charge is 0.355 e. The molecule has 0 radical (unpaired) electrons. The zero-order chi connectivity index (χ0) is 27.4. The van der Waals surface area contributed by atoms with Crippen LogP contribution < -0.4 is 5.32 Å². The van der Waals surface area contributed by atoms with Gasteiger partial charge >= 0.3 is 0 Å². The molecular formula is C38H33NS. The summed E-state index contributed by atoms with van der Waals surface area (Å²) in [4.78, 5) is 5.30. The third-order valence-corrected chi connectivity index (χ3v) is 11.3. The zero-order valence-corrected chi connectivity index (χ0v) is 23.7. The molecule has 0 unspecified atom stereocenters. The maximum atomic E-state index is 3.73. The van der Waals surface area contributed by atoms with E-state index < -0.39 is 10.0 Å². The highest BCUT2D eigenvalue weighted by Gasteiger charge is 2.32. The molecule has 40 heavy (non-hydrogen) atoms. The van der Waals surface area contributed by atoms with Crippen LogP contribution >= 0.6 is 10.0 Å². The molecule has 0 aliphatic heterocycles. The average molecular weight is 536 g/mol. The van der Waals surface area contributed by atoms with Gasteiger partial charge in [-0.25, -0.2) is 0 Å². The molecule has 0 spiro atoms. The van der Waals surface area contributed by atoms with Crippen LogP contribution in [0.4, 0.5) is 11.4 Å². The number of aryl methyl sites for hydroxylation is 2. The van der Waals surface area contributed by atoms with Crippen LogP contribution in [0.2, 0.25) is 0 Å². The Hall–Kier alpha value is -4.53. The highest BCUT2D eigenvalue weighted by Crippen LogP contribution is 2.73. The summed E-state index contributed by atoms with van der Waals surface area (Å²) in [5.41, 5.74) is 7.22. The van der Waals surface area contributed by atoms with Crippen LogP contribution in [0.3, 0.4) is 0 Å². The maximum Gasteiger partial charge on any atom is 0.0444 e. The fourth-order valence-electron chi connectivity index (χ4n) is 5.54. The molecule has 0 bridgehead atoms. The van der Waals surface area contributed by atoms with Gasteiger partial charge in [0, 0.05) is 31.0 Å². The minimum atomic E-state index is -1.68. The van der Waals surface area contributed by atoms with Gasteiger partial charge in [0.25, 0.3) is 0 Å². The summed E-state index contributed by atoms with van der Waals surface area (Å²) in [6.45, 7) is 4.37. The maximum absolute atomic E-state index is 3.73. The Bertz CT molecular complexity index is 1580. The van der Waals surface area contributed by atoms with E-state index >= 15 is 0 Å². The number of nitrogens with one attached hydrogen (secondary N) is 1. The minimum Gasteiger partial charge on any atom is -0.355 e. The lowest BCUT2D eigenvalue weighted by Gasteiger charge is -2.42. The molecule has 1 N–H and O–H groups in total. The van der Waals surface area contributed by atoms with Crippen molar-refractivity contribution in [3.8, 4) is 11.1 Å². The number of hydrogen-bond donors (Lipinski definition) is 1. The van der Waals surface area contributed by atoms with Crippen LogP contribution in [0.5, 0.6) is 0 Å². The molecule has 6 aromatic carbocycles. The van der Waals surface area contributed by atoms with Gasteiger partial charge in [0.1, 0.15) is 0 Å². The van der Waals surface area contributed by atoms with Crippen molar-refractivity contribution in [3.05, 3.63) is 169 Å². The molecule has 0 saturated carbocycles. The first-order chi connectivity index (χ1) is 19.7. The van der Waals surface area contributed by atoms with Crippen molar-refractivity contribution in [3.63, 3.8) is 0 Å². The van der Waals surface area contributed by atoms with Gasteiger partial charge in [-0.15, -0.1) is 10.0 Å². The average Bonchev–Trinajstić information content (AvgIpc) is 3.02. The molecule has 0 heterocycles. The second kappa shape index (κ2) is 11.3. The molecule has 0 aromatic heterocycles. The van der Waals surface area contributed by atoms with Crippen LogP contribution in [0, 0.1) is 13.8 Å². The van der Waals surface area contributed by atoms with Crippen molar-refractivity contribution in [1.82, 2.24) is 0 Å².